The summed E-state index contributed by atoms with van der Waals surface area (Å²) in [6, 6.07) is 2.45. The molecule has 0 radical (unpaired) electrons. The first-order valence-electron chi connectivity index (χ1n) is 6.30. The SMILES string of the molecule is COCCCNC(=O)CN(C)C(=O)c1ccc(C(=O)O)o1. The molecule has 0 saturated carbocycles. The molecule has 8 nitrogen and oxygen atoms in total. The number of nitrogens with one attached hydrogen (secondary N) is 1. The van der Waals surface area contributed by atoms with Crippen LogP contribution in [0.25, 0.3) is 0 Å². The Morgan fingerprint density at radius 3 is 2.57 bits per heavy atom. The molecule has 1 aromatic rings. The highest BCUT2D eigenvalue weighted by molar-refractivity contribution is 5.95. The van der Waals surface area contributed by atoms with Crippen molar-refractivity contribution in [3.05, 3.63) is 23.7 Å². The van der Waals surface area contributed by atoms with E-state index in [4.69, 9.17) is 14.3 Å². The molecule has 0 aromatic carbocycles. The van der Waals surface area contributed by atoms with E-state index in [2.05, 4.69) is 5.32 Å². The summed E-state index contributed by atoms with van der Waals surface area (Å²) in [7, 11) is 3.00. The molecule has 0 bridgehead atoms. The minimum absolute atomic E-state index is 0.123. The van der Waals surface area contributed by atoms with Gasteiger partial charge in [-0.25, -0.2) is 4.79 Å². The van der Waals surface area contributed by atoms with Gasteiger partial charge in [0.2, 0.25) is 11.7 Å². The third kappa shape index (κ3) is 5.27. The van der Waals surface area contributed by atoms with Crippen molar-refractivity contribution < 1.29 is 28.6 Å². The van der Waals surface area contributed by atoms with Crippen molar-refractivity contribution in [3.63, 3.8) is 0 Å². The summed E-state index contributed by atoms with van der Waals surface area (Å²) in [4.78, 5) is 35.3. The van der Waals surface area contributed by atoms with Gasteiger partial charge in [0.25, 0.3) is 5.91 Å². The molecular formula is C13H18N2O6. The Bertz CT molecular complexity index is 511. The van der Waals surface area contributed by atoms with Gasteiger partial charge in [-0.3, -0.25) is 9.59 Å². The number of carboxylic acid groups (broad SMARTS) is 1. The minimum atomic E-state index is -1.26. The van der Waals surface area contributed by atoms with Gasteiger partial charge in [0.1, 0.15) is 0 Å². The number of carboxylic acids is 1. The normalized spacial score (nSPS) is 10.2. The molecule has 0 aliphatic rings. The number of methoxy groups -OCH3 is 1. The zero-order chi connectivity index (χ0) is 15.8. The number of furan rings is 1. The van der Waals surface area contributed by atoms with Gasteiger partial charge < -0.3 is 24.5 Å². The standard InChI is InChI=1S/C13H18N2O6/c1-15(8-11(16)14-6-3-7-20-2)12(17)9-4-5-10(21-9)13(18)19/h4-5H,3,6-8H2,1-2H3,(H,14,16)(H,18,19). The second-order valence-electron chi connectivity index (χ2n) is 4.33. The maximum Gasteiger partial charge on any atom is 0.371 e. The zero-order valence-corrected chi connectivity index (χ0v) is 11.9. The Hall–Kier alpha value is -2.35. The lowest BCUT2D eigenvalue weighted by atomic mass is 10.3. The molecule has 21 heavy (non-hydrogen) atoms. The Kier molecular flexibility index (Phi) is 6.41. The van der Waals surface area contributed by atoms with Crippen molar-refractivity contribution >= 4 is 17.8 Å². The predicted octanol–water partition coefficient (Wildman–Crippen LogP) is 0.203. The largest absolute Gasteiger partial charge is 0.475 e. The van der Waals surface area contributed by atoms with Gasteiger partial charge in [-0.15, -0.1) is 0 Å². The van der Waals surface area contributed by atoms with Crippen LogP contribution in [0.4, 0.5) is 0 Å². The minimum Gasteiger partial charge on any atom is -0.475 e. The topological polar surface area (TPSA) is 109 Å². The van der Waals surface area contributed by atoms with Gasteiger partial charge in [0.15, 0.2) is 5.76 Å². The lowest BCUT2D eigenvalue weighted by Gasteiger charge is -2.15. The Morgan fingerprint density at radius 1 is 1.33 bits per heavy atom. The number of ether oxygens (including phenoxy) is 1. The number of carbonyl (C=O) groups is 3. The number of hydrogen-bond donors (Lipinski definition) is 2. The van der Waals surface area contributed by atoms with Crippen LogP contribution >= 0.6 is 0 Å². The molecule has 8 heteroatoms. The third-order valence-electron chi connectivity index (χ3n) is 2.60. The van der Waals surface area contributed by atoms with Crippen LogP contribution in [0.15, 0.2) is 16.5 Å². The van der Waals surface area contributed by atoms with E-state index >= 15 is 0 Å². The van der Waals surface area contributed by atoms with Crippen LogP contribution in [0.5, 0.6) is 0 Å². The quantitative estimate of drug-likeness (QED) is 0.664. The number of rotatable bonds is 8. The first-order chi connectivity index (χ1) is 9.95. The van der Waals surface area contributed by atoms with E-state index in [9.17, 15) is 14.4 Å². The summed E-state index contributed by atoms with van der Waals surface area (Å²) in [5.41, 5.74) is 0. The molecule has 0 spiro atoms. The van der Waals surface area contributed by atoms with Crippen LogP contribution in [0, 0.1) is 0 Å². The molecule has 0 aliphatic carbocycles. The van der Waals surface area contributed by atoms with Crippen molar-refractivity contribution in [3.8, 4) is 0 Å². The van der Waals surface area contributed by atoms with Crippen molar-refractivity contribution in [1.82, 2.24) is 10.2 Å². The van der Waals surface area contributed by atoms with E-state index in [1.807, 2.05) is 0 Å². The van der Waals surface area contributed by atoms with Crippen molar-refractivity contribution in [1.29, 1.82) is 0 Å². The number of hydrogen-bond acceptors (Lipinski definition) is 5. The highest BCUT2D eigenvalue weighted by Crippen LogP contribution is 2.10. The molecule has 1 aromatic heterocycles. The average molecular weight is 298 g/mol. The molecular weight excluding hydrogens is 280 g/mol. The molecule has 0 aliphatic heterocycles. The van der Waals surface area contributed by atoms with Gasteiger partial charge >= 0.3 is 5.97 Å². The van der Waals surface area contributed by atoms with Crippen molar-refractivity contribution in [2.24, 2.45) is 0 Å². The van der Waals surface area contributed by atoms with Crippen molar-refractivity contribution in [2.45, 2.75) is 6.42 Å². The van der Waals surface area contributed by atoms with E-state index in [0.717, 1.165) is 4.90 Å². The van der Waals surface area contributed by atoms with E-state index in [1.54, 1.807) is 7.11 Å². The summed E-state index contributed by atoms with van der Waals surface area (Å²) < 4.78 is 9.73. The second kappa shape index (κ2) is 8.05. The fourth-order valence-corrected chi connectivity index (χ4v) is 1.54. The summed E-state index contributed by atoms with van der Waals surface area (Å²) in [5.74, 6) is -2.58. The van der Waals surface area contributed by atoms with Gasteiger partial charge in [-0.05, 0) is 18.6 Å². The molecule has 1 rings (SSSR count). The van der Waals surface area contributed by atoms with Gasteiger partial charge in [-0.1, -0.05) is 0 Å². The van der Waals surface area contributed by atoms with E-state index < -0.39 is 11.9 Å². The molecule has 2 N–H and O–H groups in total. The summed E-state index contributed by atoms with van der Waals surface area (Å²) in [6.45, 7) is 0.854. The lowest BCUT2D eigenvalue weighted by Crippen LogP contribution is -2.38. The zero-order valence-electron chi connectivity index (χ0n) is 11.9. The van der Waals surface area contributed by atoms with Crippen LogP contribution in [0.1, 0.15) is 27.5 Å². The Morgan fingerprint density at radius 2 is 2.00 bits per heavy atom. The highest BCUT2D eigenvalue weighted by Gasteiger charge is 2.19. The van der Waals surface area contributed by atoms with Crippen LogP contribution < -0.4 is 5.32 Å². The van der Waals surface area contributed by atoms with Crippen molar-refractivity contribution in [2.75, 3.05) is 33.9 Å². The molecule has 0 unspecified atom stereocenters. The number of likely N-dealkylation sites (N-methyl/N-ethyl adjacent to an activating group) is 1. The van der Waals surface area contributed by atoms with Gasteiger partial charge in [-0.2, -0.15) is 0 Å². The molecule has 0 atom stereocenters. The van der Waals surface area contributed by atoms with E-state index in [-0.39, 0.29) is 24.0 Å². The van der Waals surface area contributed by atoms with Crippen LogP contribution in [0.3, 0.4) is 0 Å². The fraction of sp³-hybridized carbons (Fsp3) is 0.462. The maximum atomic E-state index is 11.9. The summed E-state index contributed by atoms with van der Waals surface area (Å²) in [5, 5.41) is 11.4. The fourth-order valence-electron chi connectivity index (χ4n) is 1.54. The second-order valence-corrected chi connectivity index (χ2v) is 4.33. The maximum absolute atomic E-state index is 11.9. The molecule has 116 valence electrons. The first kappa shape index (κ1) is 16.7. The summed E-state index contributed by atoms with van der Waals surface area (Å²) >= 11 is 0. The first-order valence-corrected chi connectivity index (χ1v) is 6.30. The number of amides is 2. The molecule has 1 heterocycles. The predicted molar refractivity (Wildman–Crippen MR) is 72.1 cm³/mol. The number of nitrogens with zero attached hydrogens (tertiary/aromatic N) is 1. The third-order valence-corrected chi connectivity index (χ3v) is 2.60. The smallest absolute Gasteiger partial charge is 0.371 e. The van der Waals surface area contributed by atoms with Gasteiger partial charge in [0, 0.05) is 27.3 Å². The van der Waals surface area contributed by atoms with E-state index in [1.165, 1.54) is 19.2 Å². The molecule has 0 saturated heterocycles. The Balaban J connectivity index is 2.46. The highest BCUT2D eigenvalue weighted by atomic mass is 16.5. The van der Waals surface area contributed by atoms with Crippen LogP contribution in [-0.4, -0.2) is 61.6 Å². The Labute approximate surface area is 121 Å². The van der Waals surface area contributed by atoms with E-state index in [0.29, 0.717) is 19.6 Å². The lowest BCUT2D eigenvalue weighted by molar-refractivity contribution is -0.121. The van der Waals surface area contributed by atoms with Crippen LogP contribution in [-0.2, 0) is 9.53 Å². The van der Waals surface area contributed by atoms with Gasteiger partial charge in [0.05, 0.1) is 6.54 Å². The molecule has 0 fully saturated rings. The van der Waals surface area contributed by atoms with Crippen LogP contribution in [0.2, 0.25) is 0 Å². The average Bonchev–Trinajstić information content (AvgIpc) is 2.92. The number of aromatic carboxylic acids is 1. The number of carbonyl (C=O) groups excluding carboxylic acids is 2. The summed E-state index contributed by atoms with van der Waals surface area (Å²) in [6.07, 6.45) is 0.681. The molecule has 2 amide bonds. The monoisotopic (exact) mass is 298 g/mol.